The first-order chi connectivity index (χ1) is 13.5. The Morgan fingerprint density at radius 1 is 0.893 bits per heavy atom. The van der Waals surface area contributed by atoms with E-state index in [4.69, 9.17) is 4.74 Å². The molecule has 0 spiro atoms. The van der Waals surface area contributed by atoms with Gasteiger partial charge in [0.05, 0.1) is 18.9 Å². The minimum absolute atomic E-state index is 0.0300. The van der Waals surface area contributed by atoms with Crippen molar-refractivity contribution in [3.05, 3.63) is 71.8 Å². The summed E-state index contributed by atoms with van der Waals surface area (Å²) in [5.74, 6) is -0.135. The van der Waals surface area contributed by atoms with E-state index in [0.29, 0.717) is 25.6 Å². The third-order valence-corrected chi connectivity index (χ3v) is 4.69. The normalized spacial score (nSPS) is 10.9. The molecule has 0 saturated carbocycles. The van der Waals surface area contributed by atoms with Crippen LogP contribution >= 0.6 is 0 Å². The summed E-state index contributed by atoms with van der Waals surface area (Å²) in [6.45, 7) is 7.43. The van der Waals surface area contributed by atoms with E-state index in [1.165, 1.54) is 0 Å². The number of ether oxygens (including phenoxy) is 1. The van der Waals surface area contributed by atoms with Crippen molar-refractivity contribution in [2.24, 2.45) is 5.92 Å². The molecule has 0 heterocycles. The predicted octanol–water partition coefficient (Wildman–Crippen LogP) is 4.65. The molecule has 0 aliphatic heterocycles. The highest BCUT2D eigenvalue weighted by Crippen LogP contribution is 2.27. The van der Waals surface area contributed by atoms with Gasteiger partial charge in [0.2, 0.25) is 5.91 Å². The zero-order valence-corrected chi connectivity index (χ0v) is 17.1. The highest BCUT2D eigenvalue weighted by molar-refractivity contribution is 5.87. The van der Waals surface area contributed by atoms with Crippen molar-refractivity contribution in [3.8, 4) is 0 Å². The Balaban J connectivity index is 2.28. The fraction of sp³-hybridized carbons (Fsp3) is 0.417. The van der Waals surface area contributed by atoms with Gasteiger partial charge in [-0.3, -0.25) is 9.59 Å². The van der Waals surface area contributed by atoms with Gasteiger partial charge in [-0.05, 0) is 30.4 Å². The molecule has 0 radical (unpaired) electrons. The fourth-order valence-electron chi connectivity index (χ4n) is 3.16. The quantitative estimate of drug-likeness (QED) is 0.563. The van der Waals surface area contributed by atoms with Crippen LogP contribution < -0.4 is 0 Å². The van der Waals surface area contributed by atoms with Crippen LogP contribution in [0.25, 0.3) is 0 Å². The second-order valence-corrected chi connectivity index (χ2v) is 7.32. The molecule has 1 amide bonds. The van der Waals surface area contributed by atoms with E-state index >= 15 is 0 Å². The number of nitrogens with zero attached hydrogens (tertiary/aromatic N) is 1. The Kier molecular flexibility index (Phi) is 8.73. The van der Waals surface area contributed by atoms with Crippen LogP contribution in [0.1, 0.15) is 50.7 Å². The number of benzene rings is 2. The molecular weight excluding hydrogens is 350 g/mol. The van der Waals surface area contributed by atoms with Gasteiger partial charge in [0.25, 0.3) is 0 Å². The highest BCUT2D eigenvalue weighted by Gasteiger charge is 2.27. The van der Waals surface area contributed by atoms with Gasteiger partial charge in [-0.2, -0.15) is 0 Å². The van der Waals surface area contributed by atoms with Gasteiger partial charge in [-0.15, -0.1) is 0 Å². The SMILES string of the molecule is CCOC(=O)CCN(CCC(C)C)C(=O)C(c1ccccc1)c1ccccc1. The van der Waals surface area contributed by atoms with Crippen LogP contribution in [0.15, 0.2) is 60.7 Å². The van der Waals surface area contributed by atoms with Crippen molar-refractivity contribution in [2.75, 3.05) is 19.7 Å². The lowest BCUT2D eigenvalue weighted by Gasteiger charge is -2.28. The summed E-state index contributed by atoms with van der Waals surface area (Å²) < 4.78 is 5.05. The van der Waals surface area contributed by atoms with Crippen LogP contribution in [0.4, 0.5) is 0 Å². The summed E-state index contributed by atoms with van der Waals surface area (Å²) in [5.41, 5.74) is 1.92. The van der Waals surface area contributed by atoms with Crippen molar-refractivity contribution in [1.82, 2.24) is 4.90 Å². The topological polar surface area (TPSA) is 46.6 Å². The van der Waals surface area contributed by atoms with Crippen LogP contribution in [0.3, 0.4) is 0 Å². The Morgan fingerprint density at radius 3 is 1.89 bits per heavy atom. The lowest BCUT2D eigenvalue weighted by molar-refractivity contribution is -0.144. The predicted molar refractivity (Wildman–Crippen MR) is 112 cm³/mol. The maximum Gasteiger partial charge on any atom is 0.307 e. The summed E-state index contributed by atoms with van der Waals surface area (Å²) in [6, 6.07) is 19.7. The van der Waals surface area contributed by atoms with Gasteiger partial charge in [0.15, 0.2) is 0 Å². The smallest absolute Gasteiger partial charge is 0.307 e. The highest BCUT2D eigenvalue weighted by atomic mass is 16.5. The molecule has 28 heavy (non-hydrogen) atoms. The molecular formula is C24H31NO3. The van der Waals surface area contributed by atoms with E-state index < -0.39 is 0 Å². The fourth-order valence-corrected chi connectivity index (χ4v) is 3.16. The largest absolute Gasteiger partial charge is 0.466 e. The van der Waals surface area contributed by atoms with Gasteiger partial charge in [0.1, 0.15) is 0 Å². The summed E-state index contributed by atoms with van der Waals surface area (Å²) in [4.78, 5) is 27.3. The molecule has 0 aliphatic rings. The molecule has 0 bridgehead atoms. The average Bonchev–Trinajstić information content (AvgIpc) is 2.70. The monoisotopic (exact) mass is 381 g/mol. The van der Waals surface area contributed by atoms with Crippen molar-refractivity contribution < 1.29 is 14.3 Å². The Hall–Kier alpha value is -2.62. The lowest BCUT2D eigenvalue weighted by Crippen LogP contribution is -2.38. The number of hydrogen-bond donors (Lipinski definition) is 0. The molecule has 0 unspecified atom stereocenters. The summed E-state index contributed by atoms with van der Waals surface area (Å²) >= 11 is 0. The van der Waals surface area contributed by atoms with E-state index in [2.05, 4.69) is 13.8 Å². The maximum absolute atomic E-state index is 13.6. The molecule has 0 aromatic heterocycles. The molecule has 0 fully saturated rings. The van der Waals surface area contributed by atoms with Gasteiger partial charge in [-0.25, -0.2) is 0 Å². The minimum Gasteiger partial charge on any atom is -0.466 e. The second kappa shape index (κ2) is 11.3. The number of hydrogen-bond acceptors (Lipinski definition) is 3. The Labute approximate surface area is 168 Å². The van der Waals surface area contributed by atoms with Gasteiger partial charge in [-0.1, -0.05) is 74.5 Å². The van der Waals surface area contributed by atoms with Crippen molar-refractivity contribution in [3.63, 3.8) is 0 Å². The van der Waals surface area contributed by atoms with Gasteiger partial charge < -0.3 is 9.64 Å². The number of rotatable bonds is 10. The van der Waals surface area contributed by atoms with Crippen molar-refractivity contribution in [1.29, 1.82) is 0 Å². The third-order valence-electron chi connectivity index (χ3n) is 4.69. The van der Waals surface area contributed by atoms with Crippen LogP contribution in [0, 0.1) is 5.92 Å². The lowest BCUT2D eigenvalue weighted by atomic mass is 9.89. The molecule has 4 nitrogen and oxygen atoms in total. The van der Waals surface area contributed by atoms with Crippen LogP contribution in [0.2, 0.25) is 0 Å². The van der Waals surface area contributed by atoms with E-state index in [1.54, 1.807) is 6.92 Å². The van der Waals surface area contributed by atoms with E-state index in [0.717, 1.165) is 17.5 Å². The third kappa shape index (κ3) is 6.52. The number of carbonyl (C=O) groups excluding carboxylic acids is 2. The molecule has 150 valence electrons. The second-order valence-electron chi connectivity index (χ2n) is 7.32. The average molecular weight is 382 g/mol. The molecule has 0 atom stereocenters. The Morgan fingerprint density at radius 2 is 1.43 bits per heavy atom. The molecule has 0 N–H and O–H groups in total. The minimum atomic E-state index is -0.378. The zero-order chi connectivity index (χ0) is 20.4. The van der Waals surface area contributed by atoms with E-state index in [9.17, 15) is 9.59 Å². The standard InChI is InChI=1S/C24H31NO3/c1-4-28-22(26)16-18-25(17-15-19(2)3)24(27)23(20-11-7-5-8-12-20)21-13-9-6-10-14-21/h5-14,19,23H,4,15-18H2,1-3H3. The molecule has 4 heteroatoms. The van der Waals surface area contributed by atoms with Gasteiger partial charge >= 0.3 is 5.97 Å². The van der Waals surface area contributed by atoms with Crippen molar-refractivity contribution in [2.45, 2.75) is 39.5 Å². The maximum atomic E-state index is 13.6. The summed E-state index contributed by atoms with van der Waals surface area (Å²) in [5, 5.41) is 0. The summed E-state index contributed by atoms with van der Waals surface area (Å²) in [7, 11) is 0. The molecule has 0 aliphatic carbocycles. The molecule has 2 aromatic rings. The van der Waals surface area contributed by atoms with Gasteiger partial charge in [0, 0.05) is 13.1 Å². The van der Waals surface area contributed by atoms with Crippen LogP contribution in [0.5, 0.6) is 0 Å². The van der Waals surface area contributed by atoms with E-state index in [1.807, 2.05) is 65.6 Å². The molecule has 0 saturated heterocycles. The zero-order valence-electron chi connectivity index (χ0n) is 17.1. The first-order valence-corrected chi connectivity index (χ1v) is 10.1. The van der Waals surface area contributed by atoms with Crippen LogP contribution in [-0.4, -0.2) is 36.5 Å². The first-order valence-electron chi connectivity index (χ1n) is 10.1. The molecule has 2 aromatic carbocycles. The summed E-state index contributed by atoms with van der Waals surface area (Å²) in [6.07, 6.45) is 1.11. The van der Waals surface area contributed by atoms with Crippen LogP contribution in [-0.2, 0) is 14.3 Å². The number of amides is 1. The van der Waals surface area contributed by atoms with Crippen molar-refractivity contribution >= 4 is 11.9 Å². The Bertz CT molecular complexity index is 689. The number of esters is 1. The van der Waals surface area contributed by atoms with E-state index in [-0.39, 0.29) is 24.2 Å². The first kappa shape index (κ1) is 21.7. The number of carbonyl (C=O) groups is 2. The molecule has 2 rings (SSSR count).